The van der Waals surface area contributed by atoms with Crippen LogP contribution < -0.4 is 0 Å². The number of amides is 1. The molecule has 0 radical (unpaired) electrons. The van der Waals surface area contributed by atoms with Crippen LogP contribution in [0.5, 0.6) is 0 Å². The first-order valence-electron chi connectivity index (χ1n) is 7.22. The van der Waals surface area contributed by atoms with Gasteiger partial charge in [0.15, 0.2) is 0 Å². The molecule has 2 saturated heterocycles. The van der Waals surface area contributed by atoms with Crippen molar-refractivity contribution in [2.24, 2.45) is 0 Å². The number of rotatable bonds is 3. The van der Waals surface area contributed by atoms with E-state index in [1.807, 2.05) is 0 Å². The summed E-state index contributed by atoms with van der Waals surface area (Å²) in [6, 6.07) is 4.12. The van der Waals surface area contributed by atoms with Crippen molar-refractivity contribution in [1.29, 1.82) is 0 Å². The van der Waals surface area contributed by atoms with Gasteiger partial charge in [0, 0.05) is 18.8 Å². The van der Waals surface area contributed by atoms with Gasteiger partial charge in [-0.1, -0.05) is 6.07 Å². The van der Waals surface area contributed by atoms with Crippen LogP contribution in [-0.4, -0.2) is 67.5 Å². The molecule has 2 aliphatic heterocycles. The molecule has 1 amide bonds. The van der Waals surface area contributed by atoms with E-state index in [-0.39, 0.29) is 16.7 Å². The lowest BCUT2D eigenvalue weighted by Gasteiger charge is -2.31. The summed E-state index contributed by atoms with van der Waals surface area (Å²) in [7, 11) is -3.90. The third kappa shape index (κ3) is 3.37. The second-order valence-electron chi connectivity index (χ2n) is 5.30. The topological polar surface area (TPSA) is 66.9 Å². The van der Waals surface area contributed by atoms with Gasteiger partial charge in [-0.15, -0.1) is 11.8 Å². The molecule has 0 unspecified atom stereocenters. The molecule has 1 aromatic rings. The number of morpholine rings is 1. The molecular weight excluding hydrogens is 343 g/mol. The highest BCUT2D eigenvalue weighted by Crippen LogP contribution is 2.29. The molecule has 0 saturated carbocycles. The van der Waals surface area contributed by atoms with Gasteiger partial charge in [-0.2, -0.15) is 4.31 Å². The Kier molecular flexibility index (Phi) is 4.90. The van der Waals surface area contributed by atoms with Gasteiger partial charge in [0.1, 0.15) is 11.9 Å². The molecule has 3 rings (SSSR count). The normalized spacial score (nSPS) is 23.2. The van der Waals surface area contributed by atoms with Crippen LogP contribution in [-0.2, 0) is 19.6 Å². The monoisotopic (exact) mass is 360 g/mol. The number of halogens is 1. The zero-order chi connectivity index (χ0) is 16.4. The van der Waals surface area contributed by atoms with E-state index in [0.717, 1.165) is 6.07 Å². The molecule has 1 atom stereocenters. The van der Waals surface area contributed by atoms with Gasteiger partial charge >= 0.3 is 0 Å². The number of hydrogen-bond acceptors (Lipinski definition) is 5. The van der Waals surface area contributed by atoms with Gasteiger partial charge in [-0.25, -0.2) is 12.8 Å². The molecule has 2 fully saturated rings. The average molecular weight is 360 g/mol. The Hall–Kier alpha value is -1.16. The minimum atomic E-state index is -3.90. The molecule has 0 aromatic heterocycles. The number of ether oxygens (including phenoxy) is 1. The largest absolute Gasteiger partial charge is 0.378 e. The zero-order valence-corrected chi connectivity index (χ0v) is 14.0. The second-order valence-corrected chi connectivity index (χ2v) is 8.19. The van der Waals surface area contributed by atoms with Gasteiger partial charge in [0.2, 0.25) is 15.9 Å². The van der Waals surface area contributed by atoms with Crippen molar-refractivity contribution in [2.75, 3.05) is 37.9 Å². The molecule has 126 valence electrons. The van der Waals surface area contributed by atoms with E-state index in [2.05, 4.69) is 0 Å². The maximum absolute atomic E-state index is 13.4. The number of hydrogen-bond donors (Lipinski definition) is 0. The van der Waals surface area contributed by atoms with Crippen LogP contribution in [0.25, 0.3) is 0 Å². The summed E-state index contributed by atoms with van der Waals surface area (Å²) in [5.74, 6) is -0.225. The highest BCUT2D eigenvalue weighted by molar-refractivity contribution is 8.00. The van der Waals surface area contributed by atoms with Crippen LogP contribution >= 0.6 is 11.8 Å². The quantitative estimate of drug-likeness (QED) is 0.796. The van der Waals surface area contributed by atoms with E-state index in [1.165, 1.54) is 34.3 Å². The van der Waals surface area contributed by atoms with Crippen molar-refractivity contribution in [1.82, 2.24) is 9.21 Å². The van der Waals surface area contributed by atoms with Crippen LogP contribution in [0.4, 0.5) is 4.39 Å². The second kappa shape index (κ2) is 6.76. The standard InChI is InChI=1S/C14H17FN2O4S2/c15-11-2-1-3-12(8-11)23(19,20)17-10-22-9-13(17)14(18)16-4-6-21-7-5-16/h1-3,8,13H,4-7,9-10H2/t13-/m1/s1. The molecule has 0 spiro atoms. The third-order valence-corrected chi connectivity index (χ3v) is 6.88. The molecule has 2 heterocycles. The summed E-state index contributed by atoms with van der Waals surface area (Å²) in [5, 5.41) is 0. The highest BCUT2D eigenvalue weighted by Gasteiger charge is 2.42. The van der Waals surface area contributed by atoms with Crippen molar-refractivity contribution in [2.45, 2.75) is 10.9 Å². The first kappa shape index (κ1) is 16.7. The molecular formula is C14H17FN2O4S2. The molecule has 0 N–H and O–H groups in total. The maximum Gasteiger partial charge on any atom is 0.244 e. The number of sulfonamides is 1. The Morgan fingerprint density at radius 3 is 2.74 bits per heavy atom. The van der Waals surface area contributed by atoms with Gasteiger partial charge in [-0.05, 0) is 18.2 Å². The van der Waals surface area contributed by atoms with Gasteiger partial charge in [0.05, 0.1) is 24.0 Å². The van der Waals surface area contributed by atoms with Crippen molar-refractivity contribution >= 4 is 27.7 Å². The number of carbonyl (C=O) groups is 1. The first-order chi connectivity index (χ1) is 11.0. The predicted molar refractivity (Wildman–Crippen MR) is 83.9 cm³/mol. The van der Waals surface area contributed by atoms with E-state index in [4.69, 9.17) is 4.74 Å². The predicted octanol–water partition coefficient (Wildman–Crippen LogP) is 0.748. The molecule has 9 heteroatoms. The summed E-state index contributed by atoms with van der Waals surface area (Å²) < 4.78 is 45.2. The van der Waals surface area contributed by atoms with Crippen molar-refractivity contribution in [3.63, 3.8) is 0 Å². The fourth-order valence-corrected chi connectivity index (χ4v) is 5.78. The van der Waals surface area contributed by atoms with E-state index < -0.39 is 21.9 Å². The lowest BCUT2D eigenvalue weighted by molar-refractivity contribution is -0.138. The van der Waals surface area contributed by atoms with E-state index >= 15 is 0 Å². The molecule has 0 bridgehead atoms. The van der Waals surface area contributed by atoms with Crippen molar-refractivity contribution < 1.29 is 22.3 Å². The van der Waals surface area contributed by atoms with E-state index in [0.29, 0.717) is 32.1 Å². The minimum absolute atomic E-state index is 0.125. The fraction of sp³-hybridized carbons (Fsp3) is 0.500. The van der Waals surface area contributed by atoms with Crippen molar-refractivity contribution in [3.8, 4) is 0 Å². The zero-order valence-electron chi connectivity index (χ0n) is 12.4. The van der Waals surface area contributed by atoms with Crippen LogP contribution in [0.3, 0.4) is 0 Å². The number of carbonyl (C=O) groups excluding carboxylic acids is 1. The number of benzene rings is 1. The van der Waals surface area contributed by atoms with Crippen molar-refractivity contribution in [3.05, 3.63) is 30.1 Å². The summed E-state index contributed by atoms with van der Waals surface area (Å²) in [5.41, 5.74) is 0. The Labute approximate surface area is 138 Å². The fourth-order valence-electron chi connectivity index (χ4n) is 2.62. The molecule has 1 aromatic carbocycles. The van der Waals surface area contributed by atoms with Crippen LogP contribution in [0.2, 0.25) is 0 Å². The maximum atomic E-state index is 13.4. The summed E-state index contributed by atoms with van der Waals surface area (Å²) >= 11 is 1.38. The number of nitrogens with zero attached hydrogens (tertiary/aromatic N) is 2. The lowest BCUT2D eigenvalue weighted by Crippen LogP contribution is -2.51. The third-order valence-electron chi connectivity index (χ3n) is 3.85. The molecule has 0 aliphatic carbocycles. The van der Waals surface area contributed by atoms with Gasteiger partial charge in [-0.3, -0.25) is 4.79 Å². The van der Waals surface area contributed by atoms with Crippen LogP contribution in [0.15, 0.2) is 29.2 Å². The Morgan fingerprint density at radius 1 is 1.30 bits per heavy atom. The summed E-state index contributed by atoms with van der Waals surface area (Å²) in [4.78, 5) is 14.1. The first-order valence-corrected chi connectivity index (χ1v) is 9.81. The Balaban J connectivity index is 1.84. The smallest absolute Gasteiger partial charge is 0.244 e. The van der Waals surface area contributed by atoms with E-state index in [9.17, 15) is 17.6 Å². The minimum Gasteiger partial charge on any atom is -0.378 e. The Morgan fingerprint density at radius 2 is 2.04 bits per heavy atom. The SMILES string of the molecule is O=C([C@H]1CSCN1S(=O)(=O)c1cccc(F)c1)N1CCOCC1. The van der Waals surface area contributed by atoms with Gasteiger partial charge < -0.3 is 9.64 Å². The highest BCUT2D eigenvalue weighted by atomic mass is 32.2. The van der Waals surface area contributed by atoms with Crippen LogP contribution in [0, 0.1) is 5.82 Å². The summed E-state index contributed by atoms with van der Waals surface area (Å²) in [6.45, 7) is 1.85. The van der Waals surface area contributed by atoms with E-state index in [1.54, 1.807) is 4.90 Å². The molecule has 6 nitrogen and oxygen atoms in total. The summed E-state index contributed by atoms with van der Waals surface area (Å²) in [6.07, 6.45) is 0. The average Bonchev–Trinajstić information content (AvgIpc) is 3.05. The van der Waals surface area contributed by atoms with Gasteiger partial charge in [0.25, 0.3) is 0 Å². The molecule has 23 heavy (non-hydrogen) atoms. The Bertz CT molecular complexity index is 692. The lowest BCUT2D eigenvalue weighted by atomic mass is 10.2. The number of thioether (sulfide) groups is 1. The molecule has 2 aliphatic rings. The van der Waals surface area contributed by atoms with Crippen LogP contribution in [0.1, 0.15) is 0 Å².